The number of nitrogens with one attached hydrogen (secondary N) is 2. The van der Waals surface area contributed by atoms with E-state index in [-0.39, 0.29) is 27.6 Å². The fourth-order valence-corrected chi connectivity index (χ4v) is 3.39. The van der Waals surface area contributed by atoms with Crippen LogP contribution in [0.2, 0.25) is 10.2 Å². The van der Waals surface area contributed by atoms with E-state index in [1.54, 1.807) is 48.5 Å². The number of nitrogen functional groups attached to an aromatic ring is 1. The Morgan fingerprint density at radius 1 is 0.875 bits per heavy atom. The lowest BCUT2D eigenvalue weighted by Gasteiger charge is -2.09. The second-order valence-corrected chi connectivity index (χ2v) is 7.83. The fourth-order valence-electron chi connectivity index (χ4n) is 3.12. The molecule has 7 nitrogen and oxygen atoms in total. The molecule has 9 heteroatoms. The number of rotatable bonds is 4. The third kappa shape index (κ3) is 4.64. The maximum atomic E-state index is 12.7. The summed E-state index contributed by atoms with van der Waals surface area (Å²) in [5, 5.41) is 6.60. The zero-order chi connectivity index (χ0) is 22.8. The van der Waals surface area contributed by atoms with Gasteiger partial charge in [0.2, 0.25) is 0 Å². The summed E-state index contributed by atoms with van der Waals surface area (Å²) in [5.74, 6) is -0.670. The summed E-state index contributed by atoms with van der Waals surface area (Å²) in [6.45, 7) is 1.87. The number of nitrogens with zero attached hydrogens (tertiary/aromatic N) is 2. The summed E-state index contributed by atoms with van der Waals surface area (Å²) in [5.41, 5.74) is 10.0. The summed E-state index contributed by atoms with van der Waals surface area (Å²) in [7, 11) is 0. The number of nitrogens with two attached hydrogens (primary N) is 1. The number of pyridine rings is 2. The van der Waals surface area contributed by atoms with E-state index in [4.69, 9.17) is 28.9 Å². The first-order valence-corrected chi connectivity index (χ1v) is 10.3. The van der Waals surface area contributed by atoms with Gasteiger partial charge in [-0.1, -0.05) is 23.2 Å². The number of fused-ring (bicyclic) bond motifs is 1. The fraction of sp³-hybridized carbons (Fsp3) is 0.0435. The van der Waals surface area contributed by atoms with Crippen molar-refractivity contribution < 1.29 is 9.59 Å². The lowest BCUT2D eigenvalue weighted by molar-refractivity contribution is 0.101. The number of halogens is 2. The van der Waals surface area contributed by atoms with Crippen LogP contribution >= 0.6 is 23.2 Å². The Hall–Kier alpha value is -3.68. The Balaban J connectivity index is 1.45. The van der Waals surface area contributed by atoms with E-state index in [0.29, 0.717) is 22.6 Å². The van der Waals surface area contributed by atoms with Gasteiger partial charge in [0.1, 0.15) is 5.15 Å². The monoisotopic (exact) mass is 465 g/mol. The van der Waals surface area contributed by atoms with Crippen LogP contribution in [0, 0.1) is 6.92 Å². The highest BCUT2D eigenvalue weighted by molar-refractivity contribution is 6.41. The molecule has 0 saturated heterocycles. The third-order valence-electron chi connectivity index (χ3n) is 4.69. The number of carbonyl (C=O) groups excluding carboxylic acids is 2. The molecule has 2 aromatic heterocycles. The second kappa shape index (κ2) is 8.82. The Labute approximate surface area is 193 Å². The van der Waals surface area contributed by atoms with Crippen LogP contribution in [0.25, 0.3) is 10.9 Å². The van der Waals surface area contributed by atoms with Gasteiger partial charge in [0, 0.05) is 39.9 Å². The molecule has 0 radical (unpaired) electrons. The number of hydrogen-bond donors (Lipinski definition) is 3. The van der Waals surface area contributed by atoms with Crippen molar-refractivity contribution in [3.05, 3.63) is 87.8 Å². The zero-order valence-corrected chi connectivity index (χ0v) is 18.3. The first kappa shape index (κ1) is 21.5. The molecule has 2 heterocycles. The molecule has 32 heavy (non-hydrogen) atoms. The maximum absolute atomic E-state index is 12.7. The van der Waals surface area contributed by atoms with E-state index < -0.39 is 0 Å². The van der Waals surface area contributed by atoms with E-state index in [9.17, 15) is 9.59 Å². The lowest BCUT2D eigenvalue weighted by atomic mass is 10.1. The van der Waals surface area contributed by atoms with Crippen LogP contribution in [0.1, 0.15) is 26.4 Å². The van der Waals surface area contributed by atoms with E-state index >= 15 is 0 Å². The topological polar surface area (TPSA) is 110 Å². The minimum atomic E-state index is -0.384. The molecular weight excluding hydrogens is 449 g/mol. The van der Waals surface area contributed by atoms with Crippen LogP contribution in [-0.2, 0) is 0 Å². The van der Waals surface area contributed by atoms with Crippen molar-refractivity contribution in [3.63, 3.8) is 0 Å². The molecule has 160 valence electrons. The Morgan fingerprint density at radius 3 is 2.12 bits per heavy atom. The molecule has 0 spiro atoms. The van der Waals surface area contributed by atoms with E-state index in [0.717, 1.165) is 16.6 Å². The highest BCUT2D eigenvalue weighted by Crippen LogP contribution is 2.23. The number of aryl methyl sites for hydroxylation is 1. The highest BCUT2D eigenvalue weighted by atomic mass is 35.5. The molecule has 0 atom stereocenters. The summed E-state index contributed by atoms with van der Waals surface area (Å²) in [6.07, 6.45) is 1.34. The van der Waals surface area contributed by atoms with Crippen LogP contribution in [0.5, 0.6) is 0 Å². The molecule has 0 aliphatic rings. The number of anilines is 3. The van der Waals surface area contributed by atoms with Crippen molar-refractivity contribution in [1.29, 1.82) is 0 Å². The Kier molecular flexibility index (Phi) is 5.94. The second-order valence-electron chi connectivity index (χ2n) is 7.07. The number of hydrogen-bond acceptors (Lipinski definition) is 5. The molecule has 2 amide bonds. The molecule has 0 fully saturated rings. The van der Waals surface area contributed by atoms with E-state index in [1.807, 2.05) is 6.92 Å². The minimum absolute atomic E-state index is 0.129. The van der Waals surface area contributed by atoms with Gasteiger partial charge in [-0.25, -0.2) is 4.98 Å². The molecular formula is C23H17Cl2N5O2. The van der Waals surface area contributed by atoms with Crippen LogP contribution in [0.3, 0.4) is 0 Å². The maximum Gasteiger partial charge on any atom is 0.257 e. The molecule has 4 N–H and O–H groups in total. The van der Waals surface area contributed by atoms with Crippen molar-refractivity contribution in [3.8, 4) is 0 Å². The summed E-state index contributed by atoms with van der Waals surface area (Å²) in [4.78, 5) is 33.3. The molecule has 2 aromatic carbocycles. The molecule has 0 aliphatic carbocycles. The number of benzene rings is 2. The largest absolute Gasteiger partial charge is 0.398 e. The van der Waals surface area contributed by atoms with Gasteiger partial charge in [0.25, 0.3) is 11.8 Å². The summed E-state index contributed by atoms with van der Waals surface area (Å²) >= 11 is 11.7. The molecule has 0 unspecified atom stereocenters. The molecule has 4 rings (SSSR count). The molecule has 0 bridgehead atoms. The molecule has 0 aliphatic heterocycles. The third-order valence-corrected chi connectivity index (χ3v) is 5.38. The summed E-state index contributed by atoms with van der Waals surface area (Å²) < 4.78 is 0. The van der Waals surface area contributed by atoms with Crippen molar-refractivity contribution in [1.82, 2.24) is 9.97 Å². The number of aromatic nitrogens is 2. The first-order chi connectivity index (χ1) is 15.3. The van der Waals surface area contributed by atoms with Gasteiger partial charge in [0.15, 0.2) is 0 Å². The van der Waals surface area contributed by atoms with Crippen LogP contribution in [-0.4, -0.2) is 21.8 Å². The van der Waals surface area contributed by atoms with Crippen molar-refractivity contribution in [2.75, 3.05) is 16.4 Å². The van der Waals surface area contributed by atoms with Gasteiger partial charge < -0.3 is 16.4 Å². The van der Waals surface area contributed by atoms with Gasteiger partial charge in [0.05, 0.1) is 16.1 Å². The smallest absolute Gasteiger partial charge is 0.257 e. The van der Waals surface area contributed by atoms with E-state index in [2.05, 4.69) is 20.6 Å². The normalized spacial score (nSPS) is 10.7. The van der Waals surface area contributed by atoms with Gasteiger partial charge in [-0.2, -0.15) is 0 Å². The average Bonchev–Trinajstić information content (AvgIpc) is 2.76. The lowest BCUT2D eigenvalue weighted by Crippen LogP contribution is -2.13. The molecule has 4 aromatic rings. The Morgan fingerprint density at radius 2 is 1.50 bits per heavy atom. The van der Waals surface area contributed by atoms with Gasteiger partial charge in [-0.05, 0) is 61.5 Å². The highest BCUT2D eigenvalue weighted by Gasteiger charge is 2.11. The van der Waals surface area contributed by atoms with Crippen molar-refractivity contribution in [2.24, 2.45) is 0 Å². The van der Waals surface area contributed by atoms with Crippen LogP contribution in [0.15, 0.2) is 60.8 Å². The van der Waals surface area contributed by atoms with Crippen molar-refractivity contribution in [2.45, 2.75) is 6.92 Å². The number of carbonyl (C=O) groups is 2. The predicted octanol–water partition coefficient (Wildman–Crippen LogP) is 5.33. The first-order valence-electron chi connectivity index (χ1n) is 9.51. The van der Waals surface area contributed by atoms with Gasteiger partial charge in [-0.15, -0.1) is 0 Å². The average molecular weight is 466 g/mol. The van der Waals surface area contributed by atoms with Gasteiger partial charge in [-0.3, -0.25) is 14.6 Å². The van der Waals surface area contributed by atoms with E-state index in [1.165, 1.54) is 12.3 Å². The summed E-state index contributed by atoms with van der Waals surface area (Å²) in [6, 6.07) is 15.1. The SMILES string of the molecule is Cc1cc(N)c2cc(C(=O)Nc3ccc(NC(=O)c4cnc(Cl)c(Cl)c4)cc3)ccc2n1. The minimum Gasteiger partial charge on any atom is -0.398 e. The van der Waals surface area contributed by atoms with Crippen LogP contribution < -0.4 is 16.4 Å². The zero-order valence-electron chi connectivity index (χ0n) is 16.8. The van der Waals surface area contributed by atoms with Gasteiger partial charge >= 0.3 is 0 Å². The van der Waals surface area contributed by atoms with Crippen LogP contribution in [0.4, 0.5) is 17.1 Å². The predicted molar refractivity (Wildman–Crippen MR) is 127 cm³/mol. The number of amides is 2. The van der Waals surface area contributed by atoms with Crippen molar-refractivity contribution >= 4 is 63.0 Å². The Bertz CT molecular complexity index is 1360. The standard InChI is InChI=1S/C23H17Cl2N5O2/c1-12-8-19(26)17-9-13(2-7-20(17)28-12)22(31)29-15-3-5-16(6-4-15)30-23(32)14-10-18(24)21(25)27-11-14/h2-11H,1H3,(H2,26,28)(H,29,31)(H,30,32). The molecule has 0 saturated carbocycles. The quantitative estimate of drug-likeness (QED) is 0.352.